The Hall–Kier alpha value is -2.85. The van der Waals surface area contributed by atoms with Gasteiger partial charge in [-0.1, -0.05) is 43.0 Å². The summed E-state index contributed by atoms with van der Waals surface area (Å²) in [6, 6.07) is 9.15. The third-order valence-corrected chi connectivity index (χ3v) is 7.92. The van der Waals surface area contributed by atoms with Gasteiger partial charge in [0.1, 0.15) is 24.2 Å². The van der Waals surface area contributed by atoms with E-state index >= 15 is 0 Å². The highest BCUT2D eigenvalue weighted by Gasteiger charge is 2.31. The van der Waals surface area contributed by atoms with Crippen LogP contribution >= 0.6 is 11.6 Å². The first-order valence-corrected chi connectivity index (χ1v) is 14.4. The largest absolute Gasteiger partial charge is 0.495 e. The monoisotopic (exact) mass is 553 g/mol. The lowest BCUT2D eigenvalue weighted by molar-refractivity contribution is -0.139. The van der Waals surface area contributed by atoms with Crippen molar-refractivity contribution in [2.75, 3.05) is 24.2 Å². The average Bonchev–Trinajstić information content (AvgIpc) is 2.86. The molecule has 0 heterocycles. The number of methoxy groups -OCH3 is 1. The van der Waals surface area contributed by atoms with Gasteiger partial charge in [-0.15, -0.1) is 0 Å². The number of hydrogen-bond acceptors (Lipinski definition) is 5. The smallest absolute Gasteiger partial charge is 0.244 e. The Bertz CT molecular complexity index is 1200. The van der Waals surface area contributed by atoms with Crippen LogP contribution in [-0.4, -0.2) is 57.1 Å². The van der Waals surface area contributed by atoms with Crippen LogP contribution in [0.3, 0.4) is 0 Å². The maximum atomic E-state index is 13.6. The second kappa shape index (κ2) is 12.6. The van der Waals surface area contributed by atoms with Crippen LogP contribution in [0.15, 0.2) is 42.5 Å². The maximum absolute atomic E-state index is 13.6. The van der Waals surface area contributed by atoms with Crippen molar-refractivity contribution in [2.24, 2.45) is 0 Å². The van der Waals surface area contributed by atoms with Crippen molar-refractivity contribution < 1.29 is 27.1 Å². The minimum Gasteiger partial charge on any atom is -0.495 e. The van der Waals surface area contributed by atoms with Crippen LogP contribution in [-0.2, 0) is 26.2 Å². The highest BCUT2D eigenvalue weighted by molar-refractivity contribution is 7.92. The highest BCUT2D eigenvalue weighted by atomic mass is 35.5. The van der Waals surface area contributed by atoms with Gasteiger partial charge in [0.15, 0.2) is 0 Å². The van der Waals surface area contributed by atoms with Crippen molar-refractivity contribution in [1.82, 2.24) is 10.2 Å². The number of nitrogens with one attached hydrogen (secondary N) is 1. The molecule has 0 radical (unpaired) electrons. The van der Waals surface area contributed by atoms with Crippen molar-refractivity contribution >= 4 is 39.1 Å². The highest BCUT2D eigenvalue weighted by Crippen LogP contribution is 2.30. The van der Waals surface area contributed by atoms with Gasteiger partial charge in [0, 0.05) is 12.6 Å². The van der Waals surface area contributed by atoms with Crippen LogP contribution in [0.4, 0.5) is 10.1 Å². The molecule has 1 fully saturated rings. The maximum Gasteiger partial charge on any atom is 0.244 e. The quantitative estimate of drug-likeness (QED) is 0.477. The fraction of sp³-hybridized carbons (Fsp3) is 0.462. The summed E-state index contributed by atoms with van der Waals surface area (Å²) in [5.74, 6) is -0.978. The zero-order chi connectivity index (χ0) is 27.2. The van der Waals surface area contributed by atoms with E-state index in [4.69, 9.17) is 16.3 Å². The molecule has 0 spiro atoms. The van der Waals surface area contributed by atoms with Gasteiger partial charge < -0.3 is 15.0 Å². The van der Waals surface area contributed by atoms with E-state index in [1.54, 1.807) is 6.92 Å². The van der Waals surface area contributed by atoms with Crippen molar-refractivity contribution in [3.05, 3.63) is 58.9 Å². The molecule has 0 bridgehead atoms. The van der Waals surface area contributed by atoms with Gasteiger partial charge >= 0.3 is 0 Å². The molecule has 2 aromatic carbocycles. The second-order valence-corrected chi connectivity index (χ2v) is 11.6. The molecule has 0 unspecified atom stereocenters. The van der Waals surface area contributed by atoms with Gasteiger partial charge in [-0.3, -0.25) is 13.9 Å². The van der Waals surface area contributed by atoms with Crippen molar-refractivity contribution in [2.45, 2.75) is 57.7 Å². The molecule has 1 N–H and O–H groups in total. The third kappa shape index (κ3) is 7.82. The van der Waals surface area contributed by atoms with E-state index in [-0.39, 0.29) is 29.2 Å². The van der Waals surface area contributed by atoms with Crippen LogP contribution in [0.2, 0.25) is 5.02 Å². The number of rotatable bonds is 10. The molecule has 2 aromatic rings. The first kappa shape index (κ1) is 28.7. The van der Waals surface area contributed by atoms with Crippen LogP contribution in [0.1, 0.15) is 44.6 Å². The summed E-state index contributed by atoms with van der Waals surface area (Å²) >= 11 is 6.20. The van der Waals surface area contributed by atoms with E-state index in [2.05, 4.69) is 5.32 Å². The molecular weight excluding hydrogens is 521 g/mol. The molecule has 0 aromatic heterocycles. The van der Waals surface area contributed by atoms with E-state index in [9.17, 15) is 22.4 Å². The number of sulfonamides is 1. The SMILES string of the molecule is COc1ccc(N(CC(=O)N(Cc2ccc(F)cc2)[C@@H](C)C(=O)NC2CCCCC2)S(C)(=O)=O)cc1Cl. The van der Waals surface area contributed by atoms with Crippen molar-refractivity contribution in [1.29, 1.82) is 0 Å². The number of ether oxygens (including phenoxy) is 1. The number of amides is 2. The Labute approximate surface area is 222 Å². The van der Waals surface area contributed by atoms with Gasteiger partial charge in [-0.25, -0.2) is 12.8 Å². The standard InChI is InChI=1S/C26H33ClFN3O5S/c1-18(26(33)29-21-7-5-4-6-8-21)30(16-19-9-11-20(28)12-10-19)25(32)17-31(37(3,34)35)22-13-14-24(36-2)23(27)15-22/h9-15,18,21H,4-8,16-17H2,1-3H3,(H,29,33)/t18-/m0/s1. The molecular formula is C26H33ClFN3O5S. The minimum absolute atomic E-state index is 0.000657. The van der Waals surface area contributed by atoms with Gasteiger partial charge in [-0.05, 0) is 55.7 Å². The number of carbonyl (C=O) groups is 2. The molecule has 11 heteroatoms. The Kier molecular flexibility index (Phi) is 9.78. The molecule has 0 aliphatic heterocycles. The topological polar surface area (TPSA) is 96.0 Å². The van der Waals surface area contributed by atoms with Crippen LogP contribution in [0.25, 0.3) is 0 Å². The normalized spacial score (nSPS) is 15.1. The van der Waals surface area contributed by atoms with Gasteiger partial charge in [0.2, 0.25) is 21.8 Å². The fourth-order valence-electron chi connectivity index (χ4n) is 4.36. The zero-order valence-electron chi connectivity index (χ0n) is 21.2. The molecule has 2 amide bonds. The molecule has 1 saturated carbocycles. The van der Waals surface area contributed by atoms with E-state index in [0.717, 1.165) is 42.7 Å². The van der Waals surface area contributed by atoms with E-state index in [1.807, 2.05) is 0 Å². The van der Waals surface area contributed by atoms with Crippen molar-refractivity contribution in [3.63, 3.8) is 0 Å². The molecule has 3 rings (SSSR count). The molecule has 1 atom stereocenters. The Balaban J connectivity index is 1.88. The van der Waals surface area contributed by atoms with Crippen LogP contribution < -0.4 is 14.4 Å². The molecule has 1 aliphatic rings. The molecule has 8 nitrogen and oxygen atoms in total. The Morgan fingerprint density at radius 3 is 2.35 bits per heavy atom. The lowest BCUT2D eigenvalue weighted by Crippen LogP contribution is -2.52. The number of hydrogen-bond donors (Lipinski definition) is 1. The van der Waals surface area contributed by atoms with Gasteiger partial charge in [0.05, 0.1) is 24.1 Å². The average molecular weight is 554 g/mol. The summed E-state index contributed by atoms with van der Waals surface area (Å²) in [6.07, 6.45) is 5.95. The van der Waals surface area contributed by atoms with Crippen LogP contribution in [0, 0.1) is 5.82 Å². The molecule has 0 saturated heterocycles. The zero-order valence-corrected chi connectivity index (χ0v) is 22.8. The van der Waals surface area contributed by atoms with Gasteiger partial charge in [-0.2, -0.15) is 0 Å². The van der Waals surface area contributed by atoms with Crippen LogP contribution in [0.5, 0.6) is 5.75 Å². The lowest BCUT2D eigenvalue weighted by Gasteiger charge is -2.33. The number of anilines is 1. The first-order valence-electron chi connectivity index (χ1n) is 12.1. The molecule has 202 valence electrons. The summed E-state index contributed by atoms with van der Waals surface area (Å²) in [6.45, 7) is 1.05. The lowest BCUT2D eigenvalue weighted by atomic mass is 9.95. The Morgan fingerprint density at radius 1 is 1.14 bits per heavy atom. The summed E-state index contributed by atoms with van der Waals surface area (Å²) in [4.78, 5) is 28.1. The summed E-state index contributed by atoms with van der Waals surface area (Å²) in [5, 5.41) is 3.21. The van der Waals surface area contributed by atoms with E-state index < -0.39 is 34.3 Å². The fourth-order valence-corrected chi connectivity index (χ4v) is 5.46. The number of halogens is 2. The number of carbonyl (C=O) groups excluding carboxylic acids is 2. The third-order valence-electron chi connectivity index (χ3n) is 6.49. The van der Waals surface area contributed by atoms with Crippen molar-refractivity contribution in [3.8, 4) is 5.75 Å². The van der Waals surface area contributed by atoms with E-state index in [1.165, 1.54) is 54.5 Å². The summed E-state index contributed by atoms with van der Waals surface area (Å²) in [7, 11) is -2.46. The van der Waals surface area contributed by atoms with Gasteiger partial charge in [0.25, 0.3) is 0 Å². The molecule has 37 heavy (non-hydrogen) atoms. The number of benzene rings is 2. The minimum atomic E-state index is -3.89. The predicted molar refractivity (Wildman–Crippen MR) is 142 cm³/mol. The summed E-state index contributed by atoms with van der Waals surface area (Å²) in [5.41, 5.74) is 0.785. The first-order chi connectivity index (χ1) is 17.5. The second-order valence-electron chi connectivity index (χ2n) is 9.26. The Morgan fingerprint density at radius 2 is 1.78 bits per heavy atom. The molecule has 1 aliphatic carbocycles. The predicted octanol–water partition coefficient (Wildman–Crippen LogP) is 4.12. The van der Waals surface area contributed by atoms with E-state index in [0.29, 0.717) is 11.3 Å². The summed E-state index contributed by atoms with van der Waals surface area (Å²) < 4.78 is 44.9. The number of nitrogens with zero attached hydrogens (tertiary/aromatic N) is 2.